The van der Waals surface area contributed by atoms with E-state index < -0.39 is 0 Å². The molecule has 0 amide bonds. The van der Waals surface area contributed by atoms with Gasteiger partial charge in [-0.05, 0) is 44.2 Å². The Morgan fingerprint density at radius 1 is 1.08 bits per heavy atom. The smallest absolute Gasteiger partial charge is 0.178 e. The molecule has 2 saturated carbocycles. The molecule has 0 aliphatic heterocycles. The summed E-state index contributed by atoms with van der Waals surface area (Å²) in [6, 6.07) is 2.05. The second-order valence-electron chi connectivity index (χ2n) is 7.66. The Bertz CT molecular complexity index is 765. The molecule has 2 aliphatic carbocycles. The third-order valence-corrected chi connectivity index (χ3v) is 5.88. The molecule has 0 bridgehead atoms. The fourth-order valence-electron chi connectivity index (χ4n) is 4.33. The third kappa shape index (κ3) is 2.95. The Balaban J connectivity index is 1.72. The minimum absolute atomic E-state index is 0.0805. The average molecular weight is 321 g/mol. The molecule has 4 rings (SSSR count). The number of aromatic nitrogens is 3. The zero-order valence-electron chi connectivity index (χ0n) is 14.7. The summed E-state index contributed by atoms with van der Waals surface area (Å²) in [6.07, 6.45) is 14.6. The molecule has 2 aromatic rings. The van der Waals surface area contributed by atoms with Gasteiger partial charge in [0, 0.05) is 12.1 Å². The number of nitrogens with one attached hydrogen (secondary N) is 1. The zero-order chi connectivity index (χ0) is 16.4. The second kappa shape index (κ2) is 6.59. The number of imidazole rings is 1. The van der Waals surface area contributed by atoms with Gasteiger partial charge in [0.15, 0.2) is 5.65 Å². The van der Waals surface area contributed by atoms with Crippen LogP contribution in [0.4, 0.5) is 0 Å². The molecule has 2 heterocycles. The molecule has 0 unspecified atom stereocenters. The van der Waals surface area contributed by atoms with E-state index in [2.05, 4.69) is 28.7 Å². The second-order valence-corrected chi connectivity index (χ2v) is 7.66. The summed E-state index contributed by atoms with van der Waals surface area (Å²) < 4.78 is 0. The average Bonchev–Trinajstić information content (AvgIpc) is 3.08. The van der Waals surface area contributed by atoms with Gasteiger partial charge in [-0.1, -0.05) is 50.4 Å². The fraction of sp³-hybridized carbons (Fsp3) is 0.619. The number of hydrogen-bond donors (Lipinski definition) is 1. The van der Waals surface area contributed by atoms with Crippen LogP contribution >= 0.6 is 0 Å². The fourth-order valence-corrected chi connectivity index (χ4v) is 4.33. The summed E-state index contributed by atoms with van der Waals surface area (Å²) in [5.74, 6) is 9.05. The lowest BCUT2D eigenvalue weighted by molar-refractivity contribution is 0.354. The Morgan fingerprint density at radius 2 is 1.83 bits per heavy atom. The minimum atomic E-state index is -0.0805. The number of pyridine rings is 1. The van der Waals surface area contributed by atoms with Crippen molar-refractivity contribution in [1.82, 2.24) is 15.0 Å². The van der Waals surface area contributed by atoms with Crippen LogP contribution in [-0.4, -0.2) is 15.0 Å². The summed E-state index contributed by atoms with van der Waals surface area (Å²) in [4.78, 5) is 12.9. The van der Waals surface area contributed by atoms with E-state index >= 15 is 0 Å². The van der Waals surface area contributed by atoms with Crippen LogP contribution in [0.2, 0.25) is 0 Å². The van der Waals surface area contributed by atoms with Gasteiger partial charge in [0.05, 0.1) is 10.9 Å². The van der Waals surface area contributed by atoms with E-state index in [0.29, 0.717) is 5.92 Å². The lowest BCUT2D eigenvalue weighted by Gasteiger charge is -2.31. The minimum Gasteiger partial charge on any atom is -0.339 e. The number of hydrogen-bond acceptors (Lipinski definition) is 2. The van der Waals surface area contributed by atoms with Gasteiger partial charge in [-0.3, -0.25) is 0 Å². The molecule has 1 N–H and O–H groups in total. The van der Waals surface area contributed by atoms with Crippen molar-refractivity contribution < 1.29 is 0 Å². The molecule has 0 spiro atoms. The van der Waals surface area contributed by atoms with Crippen LogP contribution in [0.15, 0.2) is 12.3 Å². The number of rotatable bonds is 1. The highest BCUT2D eigenvalue weighted by atomic mass is 15.0. The van der Waals surface area contributed by atoms with Crippen molar-refractivity contribution in [3.8, 4) is 11.8 Å². The maximum absolute atomic E-state index is 4.86. The highest BCUT2D eigenvalue weighted by molar-refractivity contribution is 5.74. The first-order valence-corrected chi connectivity index (χ1v) is 9.61. The third-order valence-electron chi connectivity index (χ3n) is 5.88. The first-order chi connectivity index (χ1) is 11.8. The van der Waals surface area contributed by atoms with E-state index in [1.807, 2.05) is 12.3 Å². The number of nitrogens with zero attached hydrogens (tertiary/aromatic N) is 2. The molecule has 0 saturated heterocycles. The lowest BCUT2D eigenvalue weighted by Crippen LogP contribution is -2.29. The Kier molecular flexibility index (Phi) is 4.31. The van der Waals surface area contributed by atoms with Gasteiger partial charge in [-0.2, -0.15) is 0 Å². The number of aromatic amines is 1. The summed E-state index contributed by atoms with van der Waals surface area (Å²) in [6.45, 7) is 2.12. The van der Waals surface area contributed by atoms with Gasteiger partial charge in [0.25, 0.3) is 0 Å². The number of fused-ring (bicyclic) bond motifs is 1. The van der Waals surface area contributed by atoms with Crippen LogP contribution in [0.3, 0.4) is 0 Å². The van der Waals surface area contributed by atoms with Crippen molar-refractivity contribution in [2.45, 2.75) is 76.5 Å². The van der Waals surface area contributed by atoms with Gasteiger partial charge >= 0.3 is 0 Å². The normalized spacial score (nSPS) is 21.4. The van der Waals surface area contributed by atoms with E-state index in [0.717, 1.165) is 29.8 Å². The molecule has 0 radical (unpaired) electrons. The van der Waals surface area contributed by atoms with Gasteiger partial charge in [-0.25, -0.2) is 9.97 Å². The molecule has 0 atom stereocenters. The molecule has 126 valence electrons. The van der Waals surface area contributed by atoms with Crippen LogP contribution in [-0.2, 0) is 5.41 Å². The molecule has 2 aromatic heterocycles. The van der Waals surface area contributed by atoms with Crippen LogP contribution in [0, 0.1) is 24.7 Å². The van der Waals surface area contributed by atoms with Crippen molar-refractivity contribution >= 4 is 11.2 Å². The van der Waals surface area contributed by atoms with Crippen LogP contribution in [0.25, 0.3) is 11.2 Å². The van der Waals surface area contributed by atoms with Crippen molar-refractivity contribution in [3.05, 3.63) is 23.7 Å². The first-order valence-electron chi connectivity index (χ1n) is 9.61. The van der Waals surface area contributed by atoms with E-state index in [1.165, 1.54) is 56.9 Å². The summed E-state index contributed by atoms with van der Waals surface area (Å²) in [5.41, 5.74) is 3.05. The lowest BCUT2D eigenvalue weighted by atomic mass is 9.73. The van der Waals surface area contributed by atoms with Gasteiger partial charge < -0.3 is 4.98 Å². The van der Waals surface area contributed by atoms with E-state index in [9.17, 15) is 0 Å². The number of H-pyrrole nitrogens is 1. The molecule has 2 fully saturated rings. The van der Waals surface area contributed by atoms with Crippen LogP contribution in [0.5, 0.6) is 0 Å². The SMILES string of the molecule is Cc1ccnc2nc(C3(C#CC4CCCCC4)CCCCC3)[nH]c12. The molecule has 2 aliphatic rings. The van der Waals surface area contributed by atoms with E-state index in [-0.39, 0.29) is 5.41 Å². The van der Waals surface area contributed by atoms with Crippen molar-refractivity contribution in [2.24, 2.45) is 5.92 Å². The van der Waals surface area contributed by atoms with Crippen LogP contribution < -0.4 is 0 Å². The Labute approximate surface area is 144 Å². The van der Waals surface area contributed by atoms with E-state index in [4.69, 9.17) is 4.98 Å². The van der Waals surface area contributed by atoms with Crippen molar-refractivity contribution in [3.63, 3.8) is 0 Å². The van der Waals surface area contributed by atoms with Crippen molar-refractivity contribution in [2.75, 3.05) is 0 Å². The summed E-state index contributed by atoms with van der Waals surface area (Å²) in [7, 11) is 0. The molecule has 3 nitrogen and oxygen atoms in total. The largest absolute Gasteiger partial charge is 0.339 e. The first kappa shape index (κ1) is 15.7. The molecular weight excluding hydrogens is 294 g/mol. The maximum Gasteiger partial charge on any atom is 0.178 e. The van der Waals surface area contributed by atoms with E-state index in [1.54, 1.807) is 0 Å². The maximum atomic E-state index is 4.86. The van der Waals surface area contributed by atoms with Gasteiger partial charge in [0.2, 0.25) is 0 Å². The zero-order valence-corrected chi connectivity index (χ0v) is 14.7. The Morgan fingerprint density at radius 3 is 2.58 bits per heavy atom. The monoisotopic (exact) mass is 321 g/mol. The summed E-state index contributed by atoms with van der Waals surface area (Å²) >= 11 is 0. The Hall–Kier alpha value is -1.82. The van der Waals surface area contributed by atoms with Gasteiger partial charge in [-0.15, -0.1) is 0 Å². The van der Waals surface area contributed by atoms with Crippen molar-refractivity contribution in [1.29, 1.82) is 0 Å². The quantitative estimate of drug-likeness (QED) is 0.747. The predicted octanol–water partition coefficient (Wildman–Crippen LogP) is 5.05. The van der Waals surface area contributed by atoms with Crippen LogP contribution in [0.1, 0.15) is 75.6 Å². The number of aryl methyl sites for hydroxylation is 1. The standard InChI is InChI=1S/C21H27N3/c1-16-11-15-22-19-18(16)23-20(24-19)21(12-6-3-7-13-21)14-10-17-8-4-2-5-9-17/h11,15,17H,2-9,12-13H2,1H3,(H,22,23,24). The van der Waals surface area contributed by atoms with Gasteiger partial charge in [0.1, 0.15) is 5.82 Å². The molecular formula is C21H27N3. The molecule has 24 heavy (non-hydrogen) atoms. The predicted molar refractivity (Wildman–Crippen MR) is 97.7 cm³/mol. The molecule has 3 heteroatoms. The highest BCUT2D eigenvalue weighted by Gasteiger charge is 2.35. The topological polar surface area (TPSA) is 41.6 Å². The molecule has 0 aromatic carbocycles. The highest BCUT2D eigenvalue weighted by Crippen LogP contribution is 2.38. The summed E-state index contributed by atoms with van der Waals surface area (Å²) in [5, 5.41) is 0.